The van der Waals surface area contributed by atoms with Gasteiger partial charge in [0.05, 0.1) is 6.42 Å². The molecule has 0 bridgehead atoms. The van der Waals surface area contributed by atoms with Crippen LogP contribution in [0.1, 0.15) is 11.1 Å². The maximum atomic E-state index is 13.4. The van der Waals surface area contributed by atoms with E-state index in [1.807, 2.05) is 0 Å². The quantitative estimate of drug-likeness (QED) is 0.869. The Morgan fingerprint density at radius 1 is 1.50 bits per heavy atom. The molecular formula is C10H9F3O3. The summed E-state index contributed by atoms with van der Waals surface area (Å²) in [6, 6.07) is 2.05. The Balaban J connectivity index is 3.06. The van der Waals surface area contributed by atoms with Crippen LogP contribution in [0.4, 0.5) is 13.2 Å². The first-order chi connectivity index (χ1) is 7.40. The number of hydrogen-bond acceptors (Lipinski definition) is 2. The molecule has 0 saturated heterocycles. The first-order valence-corrected chi connectivity index (χ1v) is 4.35. The van der Waals surface area contributed by atoms with Gasteiger partial charge in [-0.2, -0.15) is 8.78 Å². The Bertz CT molecular complexity index is 405. The predicted octanol–water partition coefficient (Wildman–Crippen LogP) is 2.36. The summed E-state index contributed by atoms with van der Waals surface area (Å²) in [4.78, 5) is 10.4. The smallest absolute Gasteiger partial charge is 0.387 e. The number of carboxylic acid groups (broad SMARTS) is 1. The van der Waals surface area contributed by atoms with Crippen molar-refractivity contribution in [2.45, 2.75) is 20.0 Å². The molecule has 0 aliphatic rings. The Morgan fingerprint density at radius 3 is 2.62 bits per heavy atom. The number of alkyl halides is 2. The van der Waals surface area contributed by atoms with Crippen molar-refractivity contribution in [2.24, 2.45) is 0 Å². The Hall–Kier alpha value is -1.72. The Morgan fingerprint density at radius 2 is 2.12 bits per heavy atom. The van der Waals surface area contributed by atoms with Gasteiger partial charge in [0.25, 0.3) is 0 Å². The summed E-state index contributed by atoms with van der Waals surface area (Å²) in [6.45, 7) is -1.68. The van der Waals surface area contributed by atoms with Crippen LogP contribution in [0, 0.1) is 12.7 Å². The molecule has 0 unspecified atom stereocenters. The van der Waals surface area contributed by atoms with E-state index in [4.69, 9.17) is 5.11 Å². The van der Waals surface area contributed by atoms with Crippen molar-refractivity contribution in [3.8, 4) is 5.75 Å². The van der Waals surface area contributed by atoms with Gasteiger partial charge in [-0.3, -0.25) is 4.79 Å². The van der Waals surface area contributed by atoms with Crippen molar-refractivity contribution in [2.75, 3.05) is 0 Å². The Kier molecular flexibility index (Phi) is 3.76. The zero-order chi connectivity index (χ0) is 12.3. The van der Waals surface area contributed by atoms with E-state index in [2.05, 4.69) is 4.74 Å². The minimum Gasteiger partial charge on any atom is -0.481 e. The van der Waals surface area contributed by atoms with Crippen molar-refractivity contribution in [1.29, 1.82) is 0 Å². The lowest BCUT2D eigenvalue weighted by Gasteiger charge is -2.09. The topological polar surface area (TPSA) is 46.5 Å². The highest BCUT2D eigenvalue weighted by molar-refractivity contribution is 5.70. The number of rotatable bonds is 4. The lowest BCUT2D eigenvalue weighted by atomic mass is 10.1. The number of ether oxygens (including phenoxy) is 1. The number of aliphatic carboxylic acids is 1. The molecule has 0 spiro atoms. The molecule has 16 heavy (non-hydrogen) atoms. The summed E-state index contributed by atoms with van der Waals surface area (Å²) in [5.74, 6) is -2.21. The molecule has 3 nitrogen and oxygen atoms in total. The average Bonchev–Trinajstić information content (AvgIpc) is 2.11. The van der Waals surface area contributed by atoms with Crippen molar-refractivity contribution < 1.29 is 27.8 Å². The first kappa shape index (κ1) is 12.4. The van der Waals surface area contributed by atoms with E-state index in [9.17, 15) is 18.0 Å². The van der Waals surface area contributed by atoms with Gasteiger partial charge in [-0.05, 0) is 24.6 Å². The second kappa shape index (κ2) is 4.87. The largest absolute Gasteiger partial charge is 0.481 e. The van der Waals surface area contributed by atoms with Gasteiger partial charge in [0.1, 0.15) is 11.6 Å². The average molecular weight is 234 g/mol. The normalized spacial score (nSPS) is 10.6. The molecule has 1 N–H and O–H groups in total. The summed E-state index contributed by atoms with van der Waals surface area (Å²) in [5.41, 5.74) is -0.113. The predicted molar refractivity (Wildman–Crippen MR) is 49.1 cm³/mol. The van der Waals surface area contributed by atoms with Crippen LogP contribution < -0.4 is 4.74 Å². The van der Waals surface area contributed by atoms with E-state index in [1.165, 1.54) is 6.92 Å². The second-order valence-corrected chi connectivity index (χ2v) is 3.16. The van der Waals surface area contributed by atoms with Crippen LogP contribution in [-0.4, -0.2) is 17.7 Å². The molecule has 6 heteroatoms. The van der Waals surface area contributed by atoms with E-state index in [0.29, 0.717) is 0 Å². The number of halogens is 3. The molecule has 0 heterocycles. The molecule has 0 aliphatic carbocycles. The zero-order valence-electron chi connectivity index (χ0n) is 8.34. The van der Waals surface area contributed by atoms with Gasteiger partial charge >= 0.3 is 12.6 Å². The number of carboxylic acids is 1. The Labute approximate surface area is 89.5 Å². The standard InChI is InChI=1S/C10H9F3O3/c1-5-2-7(16-10(12)13)3-6(9(5)11)4-8(14)15/h2-3,10H,4H2,1H3,(H,14,15). The van der Waals surface area contributed by atoms with Gasteiger partial charge in [0.15, 0.2) is 0 Å². The lowest BCUT2D eigenvalue weighted by Crippen LogP contribution is -2.07. The summed E-state index contributed by atoms with van der Waals surface area (Å²) < 4.78 is 41.3. The minimum atomic E-state index is -3.03. The molecule has 88 valence electrons. The van der Waals surface area contributed by atoms with Crippen LogP contribution >= 0.6 is 0 Å². The van der Waals surface area contributed by atoms with Crippen LogP contribution in [0.2, 0.25) is 0 Å². The SMILES string of the molecule is Cc1cc(OC(F)F)cc(CC(=O)O)c1F. The fourth-order valence-electron chi connectivity index (χ4n) is 1.27. The third-order valence-electron chi connectivity index (χ3n) is 1.87. The molecule has 0 aliphatic heterocycles. The summed E-state index contributed by atoms with van der Waals surface area (Å²) in [7, 11) is 0. The maximum absolute atomic E-state index is 13.4. The van der Waals surface area contributed by atoms with E-state index in [0.717, 1.165) is 12.1 Å². The zero-order valence-corrected chi connectivity index (χ0v) is 8.34. The summed E-state index contributed by atoms with van der Waals surface area (Å²) in [5, 5.41) is 8.50. The van der Waals surface area contributed by atoms with Crippen LogP contribution in [0.15, 0.2) is 12.1 Å². The first-order valence-electron chi connectivity index (χ1n) is 4.35. The maximum Gasteiger partial charge on any atom is 0.387 e. The number of aryl methyl sites for hydroxylation is 1. The molecule has 1 rings (SSSR count). The number of hydrogen-bond donors (Lipinski definition) is 1. The molecule has 0 radical (unpaired) electrons. The van der Waals surface area contributed by atoms with Crippen LogP contribution in [0.25, 0.3) is 0 Å². The van der Waals surface area contributed by atoms with Gasteiger partial charge in [0.2, 0.25) is 0 Å². The van der Waals surface area contributed by atoms with Crippen molar-refractivity contribution in [3.63, 3.8) is 0 Å². The van der Waals surface area contributed by atoms with Crippen LogP contribution in [0.5, 0.6) is 5.75 Å². The third kappa shape index (κ3) is 3.15. The number of carbonyl (C=O) groups is 1. The van der Waals surface area contributed by atoms with Crippen molar-refractivity contribution in [1.82, 2.24) is 0 Å². The van der Waals surface area contributed by atoms with Crippen molar-refractivity contribution in [3.05, 3.63) is 29.1 Å². The van der Waals surface area contributed by atoms with E-state index < -0.39 is 24.8 Å². The molecular weight excluding hydrogens is 225 g/mol. The molecule has 1 aromatic rings. The second-order valence-electron chi connectivity index (χ2n) is 3.16. The van der Waals surface area contributed by atoms with E-state index in [-0.39, 0.29) is 16.9 Å². The van der Waals surface area contributed by atoms with Gasteiger partial charge in [-0.1, -0.05) is 0 Å². The van der Waals surface area contributed by atoms with Gasteiger partial charge in [-0.25, -0.2) is 4.39 Å². The minimum absolute atomic E-state index is 0.0643. The van der Waals surface area contributed by atoms with Gasteiger partial charge in [-0.15, -0.1) is 0 Å². The fraction of sp³-hybridized carbons (Fsp3) is 0.300. The molecule has 0 saturated carbocycles. The molecule has 1 aromatic carbocycles. The lowest BCUT2D eigenvalue weighted by molar-refractivity contribution is -0.136. The molecule has 0 aromatic heterocycles. The number of benzene rings is 1. The van der Waals surface area contributed by atoms with Gasteiger partial charge in [0, 0.05) is 5.56 Å². The molecule has 0 amide bonds. The van der Waals surface area contributed by atoms with Crippen LogP contribution in [-0.2, 0) is 11.2 Å². The monoisotopic (exact) mass is 234 g/mol. The molecule has 0 atom stereocenters. The van der Waals surface area contributed by atoms with Crippen LogP contribution in [0.3, 0.4) is 0 Å². The van der Waals surface area contributed by atoms with Crippen molar-refractivity contribution >= 4 is 5.97 Å². The molecule has 0 fully saturated rings. The highest BCUT2D eigenvalue weighted by Crippen LogP contribution is 2.23. The summed E-state index contributed by atoms with van der Waals surface area (Å²) >= 11 is 0. The fourth-order valence-corrected chi connectivity index (χ4v) is 1.27. The highest BCUT2D eigenvalue weighted by atomic mass is 19.3. The van der Waals surface area contributed by atoms with E-state index in [1.54, 1.807) is 0 Å². The third-order valence-corrected chi connectivity index (χ3v) is 1.87. The van der Waals surface area contributed by atoms with Gasteiger partial charge < -0.3 is 9.84 Å². The highest BCUT2D eigenvalue weighted by Gasteiger charge is 2.13. The summed E-state index contributed by atoms with van der Waals surface area (Å²) in [6.07, 6.45) is -0.576. The van der Waals surface area contributed by atoms with E-state index >= 15 is 0 Å².